The molecule has 0 fully saturated rings. The monoisotopic (exact) mass is 241 g/mol. The van der Waals surface area contributed by atoms with Crippen molar-refractivity contribution in [3.8, 4) is 0 Å². The van der Waals surface area contributed by atoms with Crippen molar-refractivity contribution in [2.24, 2.45) is 0 Å². The van der Waals surface area contributed by atoms with Crippen LogP contribution in [0, 0.1) is 6.92 Å². The quantitative estimate of drug-likeness (QED) is 0.801. The molecule has 0 aliphatic rings. The van der Waals surface area contributed by atoms with E-state index in [-0.39, 0.29) is 11.9 Å². The Bertz CT molecular complexity index is 355. The molecule has 4 heteroatoms. The molecule has 0 aromatic heterocycles. The van der Waals surface area contributed by atoms with Crippen molar-refractivity contribution in [3.05, 3.63) is 35.4 Å². The van der Waals surface area contributed by atoms with Crippen LogP contribution >= 0.6 is 11.6 Å². The van der Waals surface area contributed by atoms with Gasteiger partial charge in [0, 0.05) is 18.6 Å². The maximum Gasteiger partial charge on any atom is 0.251 e. The lowest BCUT2D eigenvalue weighted by Crippen LogP contribution is -2.39. The maximum atomic E-state index is 11.9. The Kier molecular flexibility index (Phi) is 5.29. The summed E-state index contributed by atoms with van der Waals surface area (Å²) in [5.74, 6) is 0.228. The van der Waals surface area contributed by atoms with Crippen molar-refractivity contribution < 1.29 is 9.53 Å². The molecule has 0 bridgehead atoms. The van der Waals surface area contributed by atoms with Gasteiger partial charge in [-0.25, -0.2) is 0 Å². The lowest BCUT2D eigenvalue weighted by Gasteiger charge is -2.15. The van der Waals surface area contributed by atoms with Crippen molar-refractivity contribution in [1.82, 2.24) is 5.32 Å². The standard InChI is InChI=1S/C12H16ClNO2/c1-9-5-3-4-6-11(9)12(15)14-10(7-13)8-16-2/h3-6,10H,7-8H2,1-2H3,(H,14,15). The van der Waals surface area contributed by atoms with Crippen molar-refractivity contribution in [2.75, 3.05) is 19.6 Å². The van der Waals surface area contributed by atoms with Gasteiger partial charge >= 0.3 is 0 Å². The van der Waals surface area contributed by atoms with Crippen molar-refractivity contribution in [3.63, 3.8) is 0 Å². The van der Waals surface area contributed by atoms with Gasteiger partial charge in [-0.3, -0.25) is 4.79 Å². The number of ether oxygens (including phenoxy) is 1. The van der Waals surface area contributed by atoms with Crippen LogP contribution in [0.2, 0.25) is 0 Å². The Labute approximate surface area is 101 Å². The van der Waals surface area contributed by atoms with E-state index in [1.807, 2.05) is 25.1 Å². The highest BCUT2D eigenvalue weighted by atomic mass is 35.5. The van der Waals surface area contributed by atoms with E-state index in [0.717, 1.165) is 5.56 Å². The molecule has 0 spiro atoms. The molecule has 1 atom stereocenters. The number of methoxy groups -OCH3 is 1. The number of carbonyl (C=O) groups is 1. The summed E-state index contributed by atoms with van der Waals surface area (Å²) in [6.45, 7) is 2.32. The maximum absolute atomic E-state index is 11.9. The molecule has 0 saturated heterocycles. The van der Waals surface area contributed by atoms with Crippen molar-refractivity contribution in [2.45, 2.75) is 13.0 Å². The molecule has 1 rings (SSSR count). The molecule has 1 amide bonds. The normalized spacial score (nSPS) is 12.2. The van der Waals surface area contributed by atoms with E-state index in [4.69, 9.17) is 16.3 Å². The molecule has 0 radical (unpaired) electrons. The molecule has 0 aliphatic heterocycles. The fourth-order valence-corrected chi connectivity index (χ4v) is 1.58. The van der Waals surface area contributed by atoms with E-state index in [9.17, 15) is 4.79 Å². The number of carbonyl (C=O) groups excluding carboxylic acids is 1. The van der Waals surface area contributed by atoms with Crippen LogP contribution in [0.15, 0.2) is 24.3 Å². The zero-order chi connectivity index (χ0) is 12.0. The number of rotatable bonds is 5. The van der Waals surface area contributed by atoms with E-state index < -0.39 is 0 Å². The number of hydrogen-bond acceptors (Lipinski definition) is 2. The zero-order valence-corrected chi connectivity index (χ0v) is 10.3. The van der Waals surface area contributed by atoms with Crippen LogP contribution in [0.4, 0.5) is 0 Å². The van der Waals surface area contributed by atoms with Crippen LogP contribution in [0.5, 0.6) is 0 Å². The number of nitrogens with one attached hydrogen (secondary N) is 1. The van der Waals surface area contributed by atoms with E-state index >= 15 is 0 Å². The lowest BCUT2D eigenvalue weighted by atomic mass is 10.1. The fraction of sp³-hybridized carbons (Fsp3) is 0.417. The van der Waals surface area contributed by atoms with Gasteiger partial charge in [-0.05, 0) is 18.6 Å². The molecule has 1 aromatic carbocycles. The SMILES string of the molecule is COCC(CCl)NC(=O)c1ccccc1C. The van der Waals surface area contributed by atoms with Crippen LogP contribution in [0.1, 0.15) is 15.9 Å². The van der Waals surface area contributed by atoms with Gasteiger partial charge in [0.1, 0.15) is 0 Å². The van der Waals surface area contributed by atoms with Crippen LogP contribution in [-0.2, 0) is 4.74 Å². The molecule has 1 unspecified atom stereocenters. The van der Waals surface area contributed by atoms with Crippen LogP contribution in [0.3, 0.4) is 0 Å². The van der Waals surface area contributed by atoms with Gasteiger partial charge in [0.25, 0.3) is 5.91 Å². The molecule has 0 heterocycles. The second kappa shape index (κ2) is 6.51. The average molecular weight is 242 g/mol. The highest BCUT2D eigenvalue weighted by Gasteiger charge is 2.13. The number of amides is 1. The van der Waals surface area contributed by atoms with Gasteiger partial charge in [-0.2, -0.15) is 0 Å². The van der Waals surface area contributed by atoms with Crippen LogP contribution in [0.25, 0.3) is 0 Å². The smallest absolute Gasteiger partial charge is 0.251 e. The summed E-state index contributed by atoms with van der Waals surface area (Å²) in [5.41, 5.74) is 1.62. The fourth-order valence-electron chi connectivity index (χ4n) is 1.42. The predicted octanol–water partition coefficient (Wildman–Crippen LogP) is 1.98. The zero-order valence-electron chi connectivity index (χ0n) is 9.50. The average Bonchev–Trinajstić information content (AvgIpc) is 2.28. The van der Waals surface area contributed by atoms with Gasteiger partial charge in [-0.1, -0.05) is 18.2 Å². The Morgan fingerprint density at radius 3 is 2.75 bits per heavy atom. The second-order valence-corrected chi connectivity index (χ2v) is 3.90. The van der Waals surface area contributed by atoms with Crippen molar-refractivity contribution in [1.29, 1.82) is 0 Å². The summed E-state index contributed by atoms with van der Waals surface area (Å²) in [4.78, 5) is 11.9. The highest BCUT2D eigenvalue weighted by Crippen LogP contribution is 2.07. The van der Waals surface area contributed by atoms with E-state index in [0.29, 0.717) is 18.1 Å². The molecule has 0 saturated carbocycles. The number of hydrogen-bond donors (Lipinski definition) is 1. The summed E-state index contributed by atoms with van der Waals surface area (Å²) in [5, 5.41) is 2.83. The van der Waals surface area contributed by atoms with Crippen molar-refractivity contribution >= 4 is 17.5 Å². The van der Waals surface area contributed by atoms with E-state index in [1.54, 1.807) is 13.2 Å². The molecule has 16 heavy (non-hydrogen) atoms. The Hall–Kier alpha value is -1.06. The third-order valence-electron chi connectivity index (χ3n) is 2.28. The minimum absolute atomic E-state index is 0.110. The first-order valence-corrected chi connectivity index (χ1v) is 5.64. The largest absolute Gasteiger partial charge is 0.383 e. The summed E-state index contributed by atoms with van der Waals surface area (Å²) >= 11 is 5.72. The highest BCUT2D eigenvalue weighted by molar-refractivity contribution is 6.18. The third-order valence-corrected chi connectivity index (χ3v) is 2.65. The number of benzene rings is 1. The van der Waals surface area contributed by atoms with E-state index in [2.05, 4.69) is 5.32 Å². The molecular weight excluding hydrogens is 226 g/mol. The Morgan fingerprint density at radius 2 is 2.19 bits per heavy atom. The molecule has 3 nitrogen and oxygen atoms in total. The molecular formula is C12H16ClNO2. The summed E-state index contributed by atoms with van der Waals surface area (Å²) in [6.07, 6.45) is 0. The van der Waals surface area contributed by atoms with Crippen LogP contribution in [-0.4, -0.2) is 31.5 Å². The molecule has 1 aromatic rings. The first-order valence-electron chi connectivity index (χ1n) is 5.10. The van der Waals surface area contributed by atoms with Crippen LogP contribution < -0.4 is 5.32 Å². The number of alkyl halides is 1. The first-order chi connectivity index (χ1) is 7.69. The number of aryl methyl sites for hydroxylation is 1. The topological polar surface area (TPSA) is 38.3 Å². The Morgan fingerprint density at radius 1 is 1.50 bits per heavy atom. The van der Waals surface area contributed by atoms with Gasteiger partial charge in [0.2, 0.25) is 0 Å². The van der Waals surface area contributed by atoms with Gasteiger partial charge in [-0.15, -0.1) is 11.6 Å². The minimum atomic E-state index is -0.154. The minimum Gasteiger partial charge on any atom is -0.383 e. The summed E-state index contributed by atoms with van der Waals surface area (Å²) in [6, 6.07) is 7.29. The number of halogens is 1. The predicted molar refractivity (Wildman–Crippen MR) is 65.0 cm³/mol. The van der Waals surface area contributed by atoms with Gasteiger partial charge in [0.15, 0.2) is 0 Å². The molecule has 1 N–H and O–H groups in total. The van der Waals surface area contributed by atoms with E-state index in [1.165, 1.54) is 0 Å². The third kappa shape index (κ3) is 3.51. The summed E-state index contributed by atoms with van der Waals surface area (Å²) < 4.78 is 4.96. The lowest BCUT2D eigenvalue weighted by molar-refractivity contribution is 0.0906. The summed E-state index contributed by atoms with van der Waals surface area (Å²) in [7, 11) is 1.58. The molecule has 0 aliphatic carbocycles. The van der Waals surface area contributed by atoms with Gasteiger partial charge in [0.05, 0.1) is 12.6 Å². The first kappa shape index (κ1) is 13.0. The van der Waals surface area contributed by atoms with Gasteiger partial charge < -0.3 is 10.1 Å². The molecule has 88 valence electrons. The Balaban J connectivity index is 2.68. The second-order valence-electron chi connectivity index (χ2n) is 3.59.